The minimum absolute atomic E-state index is 0.152. The van der Waals surface area contributed by atoms with Crippen LogP contribution in [0.5, 0.6) is 5.75 Å². The summed E-state index contributed by atoms with van der Waals surface area (Å²) in [6.07, 6.45) is 0.720. The standard InChI is InChI=1S/C24H18FN3O2S/c25-18-8-12-20(13-9-18)30-14-3-15-31-24-27-22-5-2-1-4-21(22)23(29)28(24)19-10-6-17(16-26)7-11-19/h1-2,4-13H,3,14-15H2. The zero-order chi connectivity index (χ0) is 21.6. The smallest absolute Gasteiger partial charge is 0.266 e. The van der Waals surface area contributed by atoms with Gasteiger partial charge in [-0.1, -0.05) is 23.9 Å². The lowest BCUT2D eigenvalue weighted by Gasteiger charge is -2.13. The molecule has 5 nitrogen and oxygen atoms in total. The van der Waals surface area contributed by atoms with Gasteiger partial charge in [0, 0.05) is 5.75 Å². The van der Waals surface area contributed by atoms with Crippen molar-refractivity contribution >= 4 is 22.7 Å². The molecule has 0 unspecified atom stereocenters. The minimum Gasteiger partial charge on any atom is -0.494 e. The predicted molar refractivity (Wildman–Crippen MR) is 119 cm³/mol. The normalized spacial score (nSPS) is 10.7. The Morgan fingerprint density at radius 1 is 1.03 bits per heavy atom. The van der Waals surface area contributed by atoms with Gasteiger partial charge in [-0.25, -0.2) is 9.37 Å². The number of fused-ring (bicyclic) bond motifs is 1. The van der Waals surface area contributed by atoms with Gasteiger partial charge in [0.15, 0.2) is 5.16 Å². The lowest BCUT2D eigenvalue weighted by atomic mass is 10.2. The Morgan fingerprint density at radius 2 is 1.77 bits per heavy atom. The summed E-state index contributed by atoms with van der Waals surface area (Å²) in [5.41, 5.74) is 1.67. The Kier molecular flexibility index (Phi) is 6.29. The van der Waals surface area contributed by atoms with E-state index in [1.807, 2.05) is 18.2 Å². The maximum atomic E-state index is 13.2. The largest absolute Gasteiger partial charge is 0.494 e. The van der Waals surface area contributed by atoms with Crippen LogP contribution in [-0.2, 0) is 0 Å². The highest BCUT2D eigenvalue weighted by atomic mass is 32.2. The molecular formula is C24H18FN3O2S. The average Bonchev–Trinajstić information content (AvgIpc) is 2.80. The van der Waals surface area contributed by atoms with Crippen LogP contribution >= 0.6 is 11.8 Å². The number of hydrogen-bond donors (Lipinski definition) is 0. The quantitative estimate of drug-likeness (QED) is 0.235. The Labute approximate surface area is 182 Å². The fourth-order valence-corrected chi connectivity index (χ4v) is 3.99. The van der Waals surface area contributed by atoms with Crippen LogP contribution in [0, 0.1) is 17.1 Å². The van der Waals surface area contributed by atoms with Crippen LogP contribution in [0.25, 0.3) is 16.6 Å². The Bertz CT molecular complexity index is 1300. The van der Waals surface area contributed by atoms with E-state index in [1.165, 1.54) is 23.9 Å². The number of rotatable bonds is 7. The summed E-state index contributed by atoms with van der Waals surface area (Å²) in [7, 11) is 0. The molecule has 1 aromatic heterocycles. The second kappa shape index (κ2) is 9.45. The van der Waals surface area contributed by atoms with Gasteiger partial charge in [-0.2, -0.15) is 5.26 Å². The molecule has 31 heavy (non-hydrogen) atoms. The first-order valence-corrected chi connectivity index (χ1v) is 10.7. The van der Waals surface area contributed by atoms with Gasteiger partial charge in [-0.3, -0.25) is 9.36 Å². The molecule has 0 N–H and O–H groups in total. The summed E-state index contributed by atoms with van der Waals surface area (Å²) in [6, 6.07) is 22.1. The van der Waals surface area contributed by atoms with Crippen LogP contribution in [-0.4, -0.2) is 21.9 Å². The number of hydrogen-bond acceptors (Lipinski definition) is 5. The first kappa shape index (κ1) is 20.6. The summed E-state index contributed by atoms with van der Waals surface area (Å²) in [6.45, 7) is 0.466. The lowest BCUT2D eigenvalue weighted by Crippen LogP contribution is -2.21. The van der Waals surface area contributed by atoms with Gasteiger partial charge in [0.1, 0.15) is 11.6 Å². The number of ether oxygens (including phenoxy) is 1. The third kappa shape index (κ3) is 4.76. The van der Waals surface area contributed by atoms with E-state index < -0.39 is 0 Å². The molecule has 0 bridgehead atoms. The summed E-state index contributed by atoms with van der Waals surface area (Å²) in [4.78, 5) is 17.9. The van der Waals surface area contributed by atoms with E-state index in [0.29, 0.717) is 45.4 Å². The Balaban J connectivity index is 1.54. The van der Waals surface area contributed by atoms with Crippen molar-refractivity contribution in [3.8, 4) is 17.5 Å². The van der Waals surface area contributed by atoms with Crippen molar-refractivity contribution < 1.29 is 9.13 Å². The molecule has 0 amide bonds. The molecule has 3 aromatic carbocycles. The highest BCUT2D eigenvalue weighted by molar-refractivity contribution is 7.99. The van der Waals surface area contributed by atoms with Gasteiger partial charge in [0.2, 0.25) is 0 Å². The zero-order valence-electron chi connectivity index (χ0n) is 16.5. The van der Waals surface area contributed by atoms with Gasteiger partial charge in [-0.05, 0) is 67.1 Å². The lowest BCUT2D eigenvalue weighted by molar-refractivity contribution is 0.318. The number of thioether (sulfide) groups is 1. The topological polar surface area (TPSA) is 67.9 Å². The zero-order valence-corrected chi connectivity index (χ0v) is 17.3. The number of aromatic nitrogens is 2. The molecule has 0 radical (unpaired) electrons. The molecule has 154 valence electrons. The van der Waals surface area contributed by atoms with Crippen molar-refractivity contribution in [3.63, 3.8) is 0 Å². The predicted octanol–water partition coefficient (Wildman–Crippen LogP) is 4.96. The van der Waals surface area contributed by atoms with E-state index in [2.05, 4.69) is 6.07 Å². The minimum atomic E-state index is -0.300. The Morgan fingerprint density at radius 3 is 2.52 bits per heavy atom. The van der Waals surface area contributed by atoms with Crippen LogP contribution in [0.1, 0.15) is 12.0 Å². The molecule has 4 aromatic rings. The summed E-state index contributed by atoms with van der Waals surface area (Å²) < 4.78 is 20.2. The fourth-order valence-electron chi connectivity index (χ4n) is 3.07. The average molecular weight is 431 g/mol. The number of benzene rings is 3. The van der Waals surface area contributed by atoms with Crippen molar-refractivity contribution in [2.75, 3.05) is 12.4 Å². The van der Waals surface area contributed by atoms with Crippen molar-refractivity contribution in [2.45, 2.75) is 11.6 Å². The van der Waals surface area contributed by atoms with E-state index in [4.69, 9.17) is 15.0 Å². The highest BCUT2D eigenvalue weighted by Gasteiger charge is 2.13. The molecule has 0 atom stereocenters. The summed E-state index contributed by atoms with van der Waals surface area (Å²) in [5.74, 6) is 0.998. The van der Waals surface area contributed by atoms with Gasteiger partial charge in [0.05, 0.1) is 34.8 Å². The molecular weight excluding hydrogens is 413 g/mol. The van der Waals surface area contributed by atoms with Crippen molar-refractivity contribution in [3.05, 3.63) is 94.5 Å². The highest BCUT2D eigenvalue weighted by Crippen LogP contribution is 2.22. The van der Waals surface area contributed by atoms with Crippen LogP contribution in [0.15, 0.2) is 82.7 Å². The summed E-state index contributed by atoms with van der Waals surface area (Å²) >= 11 is 1.47. The second-order valence-electron chi connectivity index (χ2n) is 6.72. The molecule has 0 spiro atoms. The third-order valence-electron chi connectivity index (χ3n) is 4.60. The van der Waals surface area contributed by atoms with Crippen molar-refractivity contribution in [1.29, 1.82) is 5.26 Å². The molecule has 0 saturated heterocycles. The molecule has 0 fully saturated rings. The number of nitriles is 1. The number of halogens is 1. The molecule has 4 rings (SSSR count). The first-order valence-electron chi connectivity index (χ1n) is 9.69. The SMILES string of the molecule is N#Cc1ccc(-n2c(SCCCOc3ccc(F)cc3)nc3ccccc3c2=O)cc1. The van der Waals surface area contributed by atoms with Crippen molar-refractivity contribution in [1.82, 2.24) is 9.55 Å². The monoisotopic (exact) mass is 431 g/mol. The molecule has 0 aliphatic rings. The van der Waals surface area contributed by atoms with E-state index in [0.717, 1.165) is 6.42 Å². The Hall–Kier alpha value is -3.63. The second-order valence-corrected chi connectivity index (χ2v) is 7.78. The number of para-hydroxylation sites is 1. The number of nitrogens with zero attached hydrogens (tertiary/aromatic N) is 3. The van der Waals surface area contributed by atoms with E-state index in [1.54, 1.807) is 47.0 Å². The maximum absolute atomic E-state index is 13.2. The maximum Gasteiger partial charge on any atom is 0.266 e. The molecule has 1 heterocycles. The van der Waals surface area contributed by atoms with Crippen LogP contribution in [0.2, 0.25) is 0 Å². The molecule has 7 heteroatoms. The van der Waals surface area contributed by atoms with Gasteiger partial charge < -0.3 is 4.74 Å². The van der Waals surface area contributed by atoms with Crippen LogP contribution in [0.3, 0.4) is 0 Å². The third-order valence-corrected chi connectivity index (χ3v) is 5.63. The first-order chi connectivity index (χ1) is 15.2. The van der Waals surface area contributed by atoms with E-state index >= 15 is 0 Å². The van der Waals surface area contributed by atoms with Gasteiger partial charge >= 0.3 is 0 Å². The molecule has 0 aliphatic carbocycles. The van der Waals surface area contributed by atoms with Crippen molar-refractivity contribution in [2.24, 2.45) is 0 Å². The van der Waals surface area contributed by atoms with Crippen LogP contribution < -0.4 is 10.3 Å². The molecule has 0 aliphatic heterocycles. The van der Waals surface area contributed by atoms with Gasteiger partial charge in [0.25, 0.3) is 5.56 Å². The van der Waals surface area contributed by atoms with E-state index in [9.17, 15) is 9.18 Å². The van der Waals surface area contributed by atoms with E-state index in [-0.39, 0.29) is 11.4 Å². The van der Waals surface area contributed by atoms with Gasteiger partial charge in [-0.15, -0.1) is 0 Å². The molecule has 0 saturated carbocycles. The fraction of sp³-hybridized carbons (Fsp3) is 0.125. The summed E-state index contributed by atoms with van der Waals surface area (Å²) in [5, 5.41) is 10.2. The van der Waals surface area contributed by atoms with Crippen LogP contribution in [0.4, 0.5) is 4.39 Å².